The van der Waals surface area contributed by atoms with Crippen LogP contribution in [0.4, 0.5) is 0 Å². The molecule has 0 aromatic rings. The minimum Gasteiger partial charge on any atom is -0.466 e. The van der Waals surface area contributed by atoms with E-state index in [1.165, 1.54) is 250 Å². The average molecular weight is 893 g/mol. The van der Waals surface area contributed by atoms with E-state index >= 15 is 0 Å². The molecule has 0 saturated heterocycles. The molecule has 376 valence electrons. The van der Waals surface area contributed by atoms with Gasteiger partial charge in [0.1, 0.15) is 0 Å². The number of aliphatic hydroxyl groups excluding tert-OH is 2. The van der Waals surface area contributed by atoms with Crippen molar-refractivity contribution >= 4 is 11.9 Å². The Morgan fingerprint density at radius 2 is 0.651 bits per heavy atom. The first-order chi connectivity index (χ1) is 31.0. The lowest BCUT2D eigenvalue weighted by molar-refractivity contribution is -0.143. The van der Waals surface area contributed by atoms with Crippen LogP contribution >= 0.6 is 0 Å². The van der Waals surface area contributed by atoms with Gasteiger partial charge in [-0.25, -0.2) is 0 Å². The van der Waals surface area contributed by atoms with Gasteiger partial charge in [-0.2, -0.15) is 0 Å². The molecule has 3 N–H and O–H groups in total. The highest BCUT2D eigenvalue weighted by Gasteiger charge is 2.20. The summed E-state index contributed by atoms with van der Waals surface area (Å²) in [5.41, 5.74) is 0. The lowest BCUT2D eigenvalue weighted by Gasteiger charge is -2.22. The van der Waals surface area contributed by atoms with Crippen molar-refractivity contribution in [3.63, 3.8) is 0 Å². The van der Waals surface area contributed by atoms with Crippen molar-refractivity contribution in [2.45, 2.75) is 341 Å². The third-order valence-corrected chi connectivity index (χ3v) is 13.7. The third kappa shape index (κ3) is 50.1. The molecule has 0 aromatic heterocycles. The third-order valence-electron chi connectivity index (χ3n) is 13.7. The summed E-state index contributed by atoms with van der Waals surface area (Å²) >= 11 is 0. The molecule has 2 unspecified atom stereocenters. The summed E-state index contributed by atoms with van der Waals surface area (Å²) in [6.07, 6.45) is 60.9. The van der Waals surface area contributed by atoms with Crippen molar-refractivity contribution in [2.75, 3.05) is 13.2 Å². The van der Waals surface area contributed by atoms with E-state index in [9.17, 15) is 19.8 Å². The van der Waals surface area contributed by atoms with Crippen LogP contribution < -0.4 is 5.32 Å². The largest absolute Gasteiger partial charge is 0.466 e. The first-order valence-electron chi connectivity index (χ1n) is 28.8. The number of hydrogen-bond donors (Lipinski definition) is 3. The molecule has 6 nitrogen and oxygen atoms in total. The van der Waals surface area contributed by atoms with Crippen LogP contribution in [0.2, 0.25) is 0 Å². The second kappa shape index (κ2) is 53.5. The molecule has 0 rings (SSSR count). The maximum absolute atomic E-state index is 12.4. The lowest BCUT2D eigenvalue weighted by atomic mass is 10.0. The van der Waals surface area contributed by atoms with Crippen molar-refractivity contribution in [1.29, 1.82) is 0 Å². The minimum absolute atomic E-state index is 0.00621. The molecule has 1 amide bonds. The summed E-state index contributed by atoms with van der Waals surface area (Å²) in [5.74, 6) is -0.0357. The fourth-order valence-electron chi connectivity index (χ4n) is 9.23. The van der Waals surface area contributed by atoms with Gasteiger partial charge in [0.25, 0.3) is 0 Å². The fourth-order valence-corrected chi connectivity index (χ4v) is 9.23. The Morgan fingerprint density at radius 1 is 0.381 bits per heavy atom. The highest BCUT2D eigenvalue weighted by molar-refractivity contribution is 5.76. The number of carbonyl (C=O) groups excluding carboxylic acids is 2. The molecule has 0 aliphatic rings. The molecule has 2 atom stereocenters. The summed E-state index contributed by atoms with van der Waals surface area (Å²) in [6, 6.07) is -0.545. The van der Waals surface area contributed by atoms with Crippen LogP contribution in [-0.4, -0.2) is 47.4 Å². The molecule has 63 heavy (non-hydrogen) atoms. The van der Waals surface area contributed by atoms with E-state index in [1.807, 2.05) is 0 Å². The van der Waals surface area contributed by atoms with Gasteiger partial charge in [0.15, 0.2) is 0 Å². The van der Waals surface area contributed by atoms with Crippen LogP contribution in [0.25, 0.3) is 0 Å². The summed E-state index contributed by atoms with van der Waals surface area (Å²) in [4.78, 5) is 24.5. The van der Waals surface area contributed by atoms with Gasteiger partial charge in [0, 0.05) is 12.8 Å². The molecule has 0 aliphatic carbocycles. The number of rotatable bonds is 54. The van der Waals surface area contributed by atoms with Crippen LogP contribution in [0.15, 0.2) is 0 Å². The summed E-state index contributed by atoms with van der Waals surface area (Å²) in [5, 5.41) is 23.2. The van der Waals surface area contributed by atoms with E-state index in [0.717, 1.165) is 44.9 Å². The Labute approximate surface area is 394 Å². The second-order valence-corrected chi connectivity index (χ2v) is 20.0. The molecule has 0 aromatic carbocycles. The number of nitrogens with one attached hydrogen (secondary N) is 1. The van der Waals surface area contributed by atoms with Gasteiger partial charge in [0.05, 0.1) is 25.4 Å². The standard InChI is InChI=1S/C57H113NO5/c1-3-5-7-9-11-13-15-17-18-19-20-21-24-27-31-35-39-43-47-51-57(62)63-52-48-44-40-36-32-28-25-22-23-26-30-34-38-42-46-50-56(61)58-54(53-59)55(60)49-45-41-37-33-29-16-14-12-10-8-6-4-2/h54-55,59-60H,3-53H2,1-2H3,(H,58,61). The zero-order valence-corrected chi connectivity index (χ0v) is 42.8. The smallest absolute Gasteiger partial charge is 0.305 e. The van der Waals surface area contributed by atoms with Crippen LogP contribution in [0, 0.1) is 0 Å². The van der Waals surface area contributed by atoms with Gasteiger partial charge >= 0.3 is 5.97 Å². The number of aliphatic hydroxyl groups is 2. The molecule has 6 heteroatoms. The van der Waals surface area contributed by atoms with Crippen LogP contribution in [-0.2, 0) is 14.3 Å². The SMILES string of the molecule is CCCCCCCCCCCCCCCCCCCCCC(=O)OCCCCCCCCCCCCCCCCCC(=O)NC(CO)C(O)CCCCCCCCCCCCCC. The Balaban J connectivity index is 3.37. The zero-order valence-electron chi connectivity index (χ0n) is 42.8. The molecule has 0 saturated carbocycles. The number of hydrogen-bond acceptors (Lipinski definition) is 5. The molecule has 0 fully saturated rings. The summed E-state index contributed by atoms with van der Waals surface area (Å²) < 4.78 is 5.49. The van der Waals surface area contributed by atoms with Gasteiger partial charge < -0.3 is 20.3 Å². The fraction of sp³-hybridized carbons (Fsp3) is 0.965. The lowest BCUT2D eigenvalue weighted by Crippen LogP contribution is -2.45. The first-order valence-corrected chi connectivity index (χ1v) is 28.8. The Morgan fingerprint density at radius 3 is 0.968 bits per heavy atom. The second-order valence-electron chi connectivity index (χ2n) is 20.0. The van der Waals surface area contributed by atoms with Crippen molar-refractivity contribution in [1.82, 2.24) is 5.32 Å². The number of esters is 1. The van der Waals surface area contributed by atoms with Gasteiger partial charge in [-0.05, 0) is 25.7 Å². The molecule has 0 aliphatic heterocycles. The molecule has 0 heterocycles. The predicted molar refractivity (Wildman–Crippen MR) is 274 cm³/mol. The van der Waals surface area contributed by atoms with E-state index in [4.69, 9.17) is 4.74 Å². The monoisotopic (exact) mass is 892 g/mol. The van der Waals surface area contributed by atoms with Crippen molar-refractivity contribution < 1.29 is 24.5 Å². The highest BCUT2D eigenvalue weighted by atomic mass is 16.5. The maximum atomic E-state index is 12.4. The first kappa shape index (κ1) is 61.9. The van der Waals surface area contributed by atoms with E-state index in [-0.39, 0.29) is 18.5 Å². The Bertz CT molecular complexity index is 898. The Hall–Kier alpha value is -1.14. The zero-order chi connectivity index (χ0) is 45.8. The minimum atomic E-state index is -0.667. The van der Waals surface area contributed by atoms with Gasteiger partial charge in [-0.15, -0.1) is 0 Å². The quantitative estimate of drug-likeness (QED) is 0.0418. The number of ether oxygens (including phenoxy) is 1. The summed E-state index contributed by atoms with van der Waals surface area (Å²) in [6.45, 7) is 4.96. The van der Waals surface area contributed by atoms with Gasteiger partial charge in [-0.3, -0.25) is 9.59 Å². The van der Waals surface area contributed by atoms with E-state index in [0.29, 0.717) is 25.9 Å². The Kier molecular flexibility index (Phi) is 52.5. The van der Waals surface area contributed by atoms with Crippen molar-refractivity contribution in [3.8, 4) is 0 Å². The van der Waals surface area contributed by atoms with Crippen LogP contribution in [0.5, 0.6) is 0 Å². The van der Waals surface area contributed by atoms with E-state index in [2.05, 4.69) is 19.2 Å². The van der Waals surface area contributed by atoms with E-state index < -0.39 is 12.1 Å². The number of carbonyl (C=O) groups is 2. The van der Waals surface area contributed by atoms with Gasteiger partial charge in [0.2, 0.25) is 5.91 Å². The summed E-state index contributed by atoms with van der Waals surface area (Å²) in [7, 11) is 0. The molecule has 0 bridgehead atoms. The topological polar surface area (TPSA) is 95.9 Å². The molecule has 0 radical (unpaired) electrons. The predicted octanol–water partition coefficient (Wildman–Crippen LogP) is 17.5. The maximum Gasteiger partial charge on any atom is 0.305 e. The van der Waals surface area contributed by atoms with Gasteiger partial charge in [-0.1, -0.05) is 290 Å². The number of unbranched alkanes of at least 4 members (excludes halogenated alkanes) is 43. The van der Waals surface area contributed by atoms with E-state index in [1.54, 1.807) is 0 Å². The van der Waals surface area contributed by atoms with Crippen LogP contribution in [0.1, 0.15) is 328 Å². The van der Waals surface area contributed by atoms with Crippen molar-refractivity contribution in [2.24, 2.45) is 0 Å². The molecular weight excluding hydrogens is 779 g/mol. The highest BCUT2D eigenvalue weighted by Crippen LogP contribution is 2.18. The number of amides is 1. The van der Waals surface area contributed by atoms with Crippen LogP contribution in [0.3, 0.4) is 0 Å². The normalized spacial score (nSPS) is 12.5. The molecular formula is C57H113NO5. The van der Waals surface area contributed by atoms with Crippen molar-refractivity contribution in [3.05, 3.63) is 0 Å². The average Bonchev–Trinajstić information content (AvgIpc) is 3.28. The molecule has 0 spiro atoms.